The van der Waals surface area contributed by atoms with Crippen LogP contribution in [0.4, 0.5) is 5.82 Å². The smallest absolute Gasteiger partial charge is 0.126 e. The predicted molar refractivity (Wildman–Crippen MR) is 86.6 cm³/mol. The van der Waals surface area contributed by atoms with Gasteiger partial charge in [0, 0.05) is 26.0 Å². The summed E-state index contributed by atoms with van der Waals surface area (Å²) in [5.41, 5.74) is 2.45. The maximum absolute atomic E-state index is 5.97. The summed E-state index contributed by atoms with van der Waals surface area (Å²) in [6.45, 7) is 3.07. The molecule has 3 rings (SSSR count). The largest absolute Gasteiger partial charge is 0.381 e. The summed E-state index contributed by atoms with van der Waals surface area (Å²) in [7, 11) is 0. The lowest BCUT2D eigenvalue weighted by atomic mass is 10.1. The van der Waals surface area contributed by atoms with Crippen LogP contribution in [0.1, 0.15) is 24.0 Å². The Hall–Kier alpha value is -1.91. The van der Waals surface area contributed by atoms with E-state index >= 15 is 0 Å². The first kappa shape index (κ1) is 15.0. The molecule has 0 aliphatic carbocycles. The third kappa shape index (κ3) is 4.55. The molecule has 1 N–H and O–H groups in total. The van der Waals surface area contributed by atoms with Gasteiger partial charge in [-0.25, -0.2) is 4.98 Å². The van der Waals surface area contributed by atoms with Gasteiger partial charge in [-0.1, -0.05) is 30.3 Å². The van der Waals surface area contributed by atoms with Gasteiger partial charge in [0.1, 0.15) is 5.82 Å². The molecule has 0 radical (unpaired) electrons. The molecule has 4 nitrogen and oxygen atoms in total. The number of nitrogens with zero attached hydrogens (tertiary/aromatic N) is 1. The molecule has 0 bridgehead atoms. The molecular formula is C18H22N2O2. The van der Waals surface area contributed by atoms with Crippen LogP contribution in [-0.4, -0.2) is 24.3 Å². The number of nitrogens with one attached hydrogen (secondary N) is 1. The number of pyridine rings is 1. The van der Waals surface area contributed by atoms with Crippen molar-refractivity contribution in [2.75, 3.05) is 18.5 Å². The quantitative estimate of drug-likeness (QED) is 0.888. The van der Waals surface area contributed by atoms with Crippen LogP contribution < -0.4 is 5.32 Å². The van der Waals surface area contributed by atoms with Crippen molar-refractivity contribution < 1.29 is 9.47 Å². The molecule has 1 saturated heterocycles. The topological polar surface area (TPSA) is 43.4 Å². The fraction of sp³-hybridized carbons (Fsp3) is 0.389. The molecule has 2 aromatic rings. The maximum Gasteiger partial charge on any atom is 0.126 e. The number of benzene rings is 1. The summed E-state index contributed by atoms with van der Waals surface area (Å²) in [6, 6.07) is 14.4. The Morgan fingerprint density at radius 1 is 1.09 bits per heavy atom. The van der Waals surface area contributed by atoms with E-state index in [1.54, 1.807) is 6.20 Å². The molecule has 1 aromatic carbocycles. The van der Waals surface area contributed by atoms with Gasteiger partial charge in [-0.3, -0.25) is 0 Å². The average molecular weight is 298 g/mol. The zero-order valence-electron chi connectivity index (χ0n) is 12.7. The van der Waals surface area contributed by atoms with Crippen LogP contribution in [0.25, 0.3) is 0 Å². The highest BCUT2D eigenvalue weighted by atomic mass is 16.5. The van der Waals surface area contributed by atoms with E-state index in [1.807, 2.05) is 18.2 Å². The summed E-state index contributed by atoms with van der Waals surface area (Å²) in [4.78, 5) is 4.27. The third-order valence-electron chi connectivity index (χ3n) is 3.78. The first-order valence-corrected chi connectivity index (χ1v) is 7.82. The average Bonchev–Trinajstić information content (AvgIpc) is 2.60. The van der Waals surface area contributed by atoms with Crippen LogP contribution in [0.3, 0.4) is 0 Å². The molecular weight excluding hydrogens is 276 g/mol. The molecule has 0 amide bonds. The number of hydrogen-bond donors (Lipinski definition) is 1. The molecule has 1 fully saturated rings. The van der Waals surface area contributed by atoms with E-state index in [0.717, 1.165) is 38.4 Å². The maximum atomic E-state index is 5.97. The van der Waals surface area contributed by atoms with Crippen molar-refractivity contribution >= 4 is 5.82 Å². The SMILES string of the molecule is c1ccc(NCc2cccc(COC3CCOCC3)c2)nc1. The molecule has 0 atom stereocenters. The summed E-state index contributed by atoms with van der Waals surface area (Å²) >= 11 is 0. The Kier molecular flexibility index (Phi) is 5.40. The second kappa shape index (κ2) is 7.92. The minimum atomic E-state index is 0.337. The Morgan fingerprint density at radius 2 is 1.95 bits per heavy atom. The standard InChI is InChI=1S/C18H22N2O2/c1-2-9-19-18(6-1)20-13-15-4-3-5-16(12-15)14-22-17-7-10-21-11-8-17/h1-6,9,12,17H,7-8,10-11,13-14H2,(H,19,20). The van der Waals surface area contributed by atoms with Crippen molar-refractivity contribution in [3.8, 4) is 0 Å². The van der Waals surface area contributed by atoms with Crippen LogP contribution in [0.2, 0.25) is 0 Å². The Morgan fingerprint density at radius 3 is 2.77 bits per heavy atom. The van der Waals surface area contributed by atoms with E-state index in [1.165, 1.54) is 11.1 Å². The van der Waals surface area contributed by atoms with Gasteiger partial charge < -0.3 is 14.8 Å². The second-order valence-corrected chi connectivity index (χ2v) is 5.51. The lowest BCUT2D eigenvalue weighted by Gasteiger charge is -2.22. The molecule has 1 aliphatic heterocycles. The van der Waals surface area contributed by atoms with E-state index in [9.17, 15) is 0 Å². The normalized spacial score (nSPS) is 15.6. The Labute approximate surface area is 131 Å². The molecule has 2 heterocycles. The summed E-state index contributed by atoms with van der Waals surface area (Å²) < 4.78 is 11.3. The number of ether oxygens (including phenoxy) is 2. The first-order chi connectivity index (χ1) is 10.9. The molecule has 116 valence electrons. The van der Waals surface area contributed by atoms with Crippen molar-refractivity contribution in [1.82, 2.24) is 4.98 Å². The minimum absolute atomic E-state index is 0.337. The Bertz CT molecular complexity index is 568. The highest BCUT2D eigenvalue weighted by molar-refractivity contribution is 5.35. The minimum Gasteiger partial charge on any atom is -0.381 e. The fourth-order valence-electron chi connectivity index (χ4n) is 2.55. The first-order valence-electron chi connectivity index (χ1n) is 7.82. The van der Waals surface area contributed by atoms with Crippen molar-refractivity contribution in [3.05, 3.63) is 59.8 Å². The third-order valence-corrected chi connectivity index (χ3v) is 3.78. The molecule has 22 heavy (non-hydrogen) atoms. The summed E-state index contributed by atoms with van der Waals surface area (Å²) in [6.07, 6.45) is 4.13. The zero-order chi connectivity index (χ0) is 15.0. The molecule has 0 saturated carbocycles. The van der Waals surface area contributed by atoms with Gasteiger partial charge in [-0.05, 0) is 36.1 Å². The van der Waals surface area contributed by atoms with Gasteiger partial charge >= 0.3 is 0 Å². The van der Waals surface area contributed by atoms with Gasteiger partial charge in [-0.2, -0.15) is 0 Å². The second-order valence-electron chi connectivity index (χ2n) is 5.51. The van der Waals surface area contributed by atoms with Gasteiger partial charge in [0.2, 0.25) is 0 Å². The van der Waals surface area contributed by atoms with Crippen LogP contribution in [0, 0.1) is 0 Å². The van der Waals surface area contributed by atoms with E-state index in [-0.39, 0.29) is 0 Å². The van der Waals surface area contributed by atoms with E-state index in [2.05, 4.69) is 34.6 Å². The van der Waals surface area contributed by atoms with Gasteiger partial charge in [0.25, 0.3) is 0 Å². The number of rotatable bonds is 6. The predicted octanol–water partition coefficient (Wildman–Crippen LogP) is 3.39. The summed E-state index contributed by atoms with van der Waals surface area (Å²) in [5, 5.41) is 3.33. The van der Waals surface area contributed by atoms with E-state index in [4.69, 9.17) is 9.47 Å². The highest BCUT2D eigenvalue weighted by Gasteiger charge is 2.13. The van der Waals surface area contributed by atoms with Crippen molar-refractivity contribution in [3.63, 3.8) is 0 Å². The van der Waals surface area contributed by atoms with Crippen LogP contribution in [0.5, 0.6) is 0 Å². The highest BCUT2D eigenvalue weighted by Crippen LogP contribution is 2.15. The number of aromatic nitrogens is 1. The van der Waals surface area contributed by atoms with Crippen LogP contribution in [-0.2, 0) is 22.6 Å². The Balaban J connectivity index is 1.51. The lowest BCUT2D eigenvalue weighted by molar-refractivity contribution is -0.0390. The molecule has 4 heteroatoms. The molecule has 0 spiro atoms. The van der Waals surface area contributed by atoms with Crippen LogP contribution in [0.15, 0.2) is 48.7 Å². The van der Waals surface area contributed by atoms with Crippen LogP contribution >= 0.6 is 0 Å². The molecule has 1 aliphatic rings. The van der Waals surface area contributed by atoms with Crippen molar-refractivity contribution in [2.45, 2.75) is 32.1 Å². The zero-order valence-corrected chi connectivity index (χ0v) is 12.7. The molecule has 1 aromatic heterocycles. The molecule has 0 unspecified atom stereocenters. The monoisotopic (exact) mass is 298 g/mol. The lowest BCUT2D eigenvalue weighted by Crippen LogP contribution is -2.23. The van der Waals surface area contributed by atoms with Gasteiger partial charge in [0.15, 0.2) is 0 Å². The van der Waals surface area contributed by atoms with Gasteiger partial charge in [-0.15, -0.1) is 0 Å². The fourth-order valence-corrected chi connectivity index (χ4v) is 2.55. The van der Waals surface area contributed by atoms with E-state index < -0.39 is 0 Å². The van der Waals surface area contributed by atoms with E-state index in [0.29, 0.717) is 12.7 Å². The van der Waals surface area contributed by atoms with Crippen molar-refractivity contribution in [2.24, 2.45) is 0 Å². The van der Waals surface area contributed by atoms with Gasteiger partial charge in [0.05, 0.1) is 12.7 Å². The number of hydrogen-bond acceptors (Lipinski definition) is 4. The number of anilines is 1. The summed E-state index contributed by atoms with van der Waals surface area (Å²) in [5.74, 6) is 0.895. The van der Waals surface area contributed by atoms with Crippen molar-refractivity contribution in [1.29, 1.82) is 0 Å².